The first-order valence-corrected chi connectivity index (χ1v) is 8.23. The molecule has 1 heterocycles. The van der Waals surface area contributed by atoms with Crippen molar-refractivity contribution in [2.45, 2.75) is 10.9 Å². The van der Waals surface area contributed by atoms with Crippen molar-refractivity contribution in [2.75, 3.05) is 5.75 Å². The summed E-state index contributed by atoms with van der Waals surface area (Å²) < 4.78 is 20.2. The molecular formula is C16H13BrFNOS. The largest absolute Gasteiger partial charge is 0.456 e. The number of furan rings is 1. The lowest BCUT2D eigenvalue weighted by atomic mass is 10.2. The van der Waals surface area contributed by atoms with Gasteiger partial charge in [-0.3, -0.25) is 0 Å². The maximum Gasteiger partial charge on any atom is 0.169 e. The van der Waals surface area contributed by atoms with Crippen LogP contribution in [0.1, 0.15) is 11.8 Å². The molecule has 2 aromatic carbocycles. The van der Waals surface area contributed by atoms with Gasteiger partial charge in [0.05, 0.1) is 6.04 Å². The molecule has 0 saturated carbocycles. The number of thioether (sulfide) groups is 1. The molecule has 2 N–H and O–H groups in total. The smallest absolute Gasteiger partial charge is 0.169 e. The molecule has 0 amide bonds. The molecule has 0 bridgehead atoms. The zero-order valence-corrected chi connectivity index (χ0v) is 13.5. The lowest BCUT2D eigenvalue weighted by Crippen LogP contribution is -2.11. The van der Waals surface area contributed by atoms with Crippen LogP contribution in [0.3, 0.4) is 0 Å². The van der Waals surface area contributed by atoms with Gasteiger partial charge in [-0.15, -0.1) is 11.8 Å². The molecule has 0 aliphatic heterocycles. The fourth-order valence-corrected chi connectivity index (χ4v) is 3.53. The Labute approximate surface area is 134 Å². The van der Waals surface area contributed by atoms with Crippen molar-refractivity contribution in [1.82, 2.24) is 0 Å². The summed E-state index contributed by atoms with van der Waals surface area (Å²) in [5, 5.41) is 0.743. The minimum Gasteiger partial charge on any atom is -0.456 e. The molecular weight excluding hydrogens is 353 g/mol. The van der Waals surface area contributed by atoms with Crippen molar-refractivity contribution in [1.29, 1.82) is 0 Å². The van der Waals surface area contributed by atoms with E-state index in [0.717, 1.165) is 14.8 Å². The molecule has 1 unspecified atom stereocenters. The molecule has 2 nitrogen and oxygen atoms in total. The number of para-hydroxylation sites is 1. The first-order chi connectivity index (χ1) is 10.1. The number of nitrogens with two attached hydrogens (primary N) is 1. The van der Waals surface area contributed by atoms with Crippen molar-refractivity contribution in [2.24, 2.45) is 5.73 Å². The van der Waals surface area contributed by atoms with E-state index in [1.54, 1.807) is 17.8 Å². The Hall–Kier alpha value is -1.30. The van der Waals surface area contributed by atoms with E-state index in [1.807, 2.05) is 36.4 Å². The number of hydrogen-bond donors (Lipinski definition) is 1. The zero-order valence-electron chi connectivity index (χ0n) is 11.1. The van der Waals surface area contributed by atoms with E-state index in [2.05, 4.69) is 15.9 Å². The highest BCUT2D eigenvalue weighted by atomic mass is 79.9. The van der Waals surface area contributed by atoms with Gasteiger partial charge in [0.15, 0.2) is 11.4 Å². The SMILES string of the molecule is NC(CSc1cccc(Br)c1)c1cc2cccc(F)c2o1. The Morgan fingerprint density at radius 1 is 1.19 bits per heavy atom. The van der Waals surface area contributed by atoms with Gasteiger partial charge in [0.25, 0.3) is 0 Å². The zero-order chi connectivity index (χ0) is 14.8. The maximum absolute atomic E-state index is 13.6. The third-order valence-electron chi connectivity index (χ3n) is 3.11. The van der Waals surface area contributed by atoms with Crippen LogP contribution >= 0.6 is 27.7 Å². The fraction of sp³-hybridized carbons (Fsp3) is 0.125. The summed E-state index contributed by atoms with van der Waals surface area (Å²) in [6, 6.07) is 14.4. The second-order valence-electron chi connectivity index (χ2n) is 4.68. The Bertz CT molecular complexity index is 774. The summed E-state index contributed by atoms with van der Waals surface area (Å²) in [5.41, 5.74) is 6.42. The predicted octanol–water partition coefficient (Wildman–Crippen LogP) is 5.13. The van der Waals surface area contributed by atoms with E-state index in [1.165, 1.54) is 6.07 Å². The highest BCUT2D eigenvalue weighted by Gasteiger charge is 2.14. The van der Waals surface area contributed by atoms with Gasteiger partial charge in [-0.25, -0.2) is 4.39 Å². The van der Waals surface area contributed by atoms with Crippen molar-refractivity contribution in [3.8, 4) is 0 Å². The molecule has 0 radical (unpaired) electrons. The number of hydrogen-bond acceptors (Lipinski definition) is 3. The van der Waals surface area contributed by atoms with Gasteiger partial charge in [-0.05, 0) is 30.3 Å². The third-order valence-corrected chi connectivity index (χ3v) is 4.71. The Morgan fingerprint density at radius 2 is 2.00 bits per heavy atom. The summed E-state index contributed by atoms with van der Waals surface area (Å²) in [5.74, 6) is 0.918. The first kappa shape index (κ1) is 14.6. The van der Waals surface area contributed by atoms with Crippen LogP contribution in [0, 0.1) is 5.82 Å². The standard InChI is InChI=1S/C16H13BrFNOS/c17-11-4-2-5-12(8-11)21-9-14(19)15-7-10-3-1-6-13(18)16(10)20-15/h1-8,14H,9,19H2. The molecule has 0 aliphatic carbocycles. The molecule has 1 aromatic heterocycles. The van der Waals surface area contributed by atoms with Crippen molar-refractivity contribution >= 4 is 38.7 Å². The van der Waals surface area contributed by atoms with Crippen LogP contribution in [0.25, 0.3) is 11.0 Å². The summed E-state index contributed by atoms with van der Waals surface area (Å²) >= 11 is 5.08. The second kappa shape index (κ2) is 6.22. The molecule has 0 aliphatic rings. The number of halogens is 2. The number of rotatable bonds is 4. The monoisotopic (exact) mass is 365 g/mol. The van der Waals surface area contributed by atoms with Gasteiger partial charge >= 0.3 is 0 Å². The van der Waals surface area contributed by atoms with Crippen LogP contribution in [0.4, 0.5) is 4.39 Å². The molecule has 108 valence electrons. The molecule has 3 rings (SSSR count). The molecule has 3 aromatic rings. The minimum absolute atomic E-state index is 0.274. The van der Waals surface area contributed by atoms with Gasteiger partial charge in [0.2, 0.25) is 0 Å². The topological polar surface area (TPSA) is 39.2 Å². The van der Waals surface area contributed by atoms with Crippen LogP contribution in [-0.2, 0) is 0 Å². The van der Waals surface area contributed by atoms with E-state index in [-0.39, 0.29) is 17.4 Å². The lowest BCUT2D eigenvalue weighted by Gasteiger charge is -2.08. The van der Waals surface area contributed by atoms with E-state index in [9.17, 15) is 4.39 Å². The van der Waals surface area contributed by atoms with E-state index >= 15 is 0 Å². The van der Waals surface area contributed by atoms with Gasteiger partial charge < -0.3 is 10.2 Å². The summed E-state index contributed by atoms with van der Waals surface area (Å²) in [7, 11) is 0. The Balaban J connectivity index is 1.75. The quantitative estimate of drug-likeness (QED) is 0.651. The molecule has 0 spiro atoms. The molecule has 21 heavy (non-hydrogen) atoms. The summed E-state index contributed by atoms with van der Waals surface area (Å²) in [4.78, 5) is 1.13. The van der Waals surface area contributed by atoms with Gasteiger partial charge in [0.1, 0.15) is 5.76 Å². The normalized spacial score (nSPS) is 12.7. The second-order valence-corrected chi connectivity index (χ2v) is 6.69. The van der Waals surface area contributed by atoms with E-state index < -0.39 is 0 Å². The van der Waals surface area contributed by atoms with Crippen molar-refractivity contribution in [3.05, 3.63) is 64.6 Å². The Kier molecular flexibility index (Phi) is 4.33. The average Bonchev–Trinajstić information content (AvgIpc) is 2.90. The minimum atomic E-state index is -0.356. The molecule has 0 fully saturated rings. The van der Waals surface area contributed by atoms with Crippen molar-refractivity contribution < 1.29 is 8.81 Å². The lowest BCUT2D eigenvalue weighted by molar-refractivity contribution is 0.495. The van der Waals surface area contributed by atoms with Crippen LogP contribution < -0.4 is 5.73 Å². The van der Waals surface area contributed by atoms with Gasteiger partial charge in [0, 0.05) is 20.5 Å². The van der Waals surface area contributed by atoms with Crippen LogP contribution in [0.2, 0.25) is 0 Å². The van der Waals surface area contributed by atoms with Gasteiger partial charge in [-0.2, -0.15) is 0 Å². The summed E-state index contributed by atoms with van der Waals surface area (Å²) in [6.45, 7) is 0. The number of fused-ring (bicyclic) bond motifs is 1. The van der Waals surface area contributed by atoms with E-state index in [0.29, 0.717) is 11.5 Å². The molecule has 1 atom stereocenters. The number of benzene rings is 2. The highest BCUT2D eigenvalue weighted by Crippen LogP contribution is 2.29. The third kappa shape index (κ3) is 3.31. The first-order valence-electron chi connectivity index (χ1n) is 6.45. The summed E-state index contributed by atoms with van der Waals surface area (Å²) in [6.07, 6.45) is 0. The highest BCUT2D eigenvalue weighted by molar-refractivity contribution is 9.10. The maximum atomic E-state index is 13.6. The molecule has 0 saturated heterocycles. The molecule has 5 heteroatoms. The average molecular weight is 366 g/mol. The van der Waals surface area contributed by atoms with Crippen molar-refractivity contribution in [3.63, 3.8) is 0 Å². The van der Waals surface area contributed by atoms with Gasteiger partial charge in [-0.1, -0.05) is 34.1 Å². The fourth-order valence-electron chi connectivity index (χ4n) is 2.06. The van der Waals surface area contributed by atoms with Crippen LogP contribution in [-0.4, -0.2) is 5.75 Å². The van der Waals surface area contributed by atoms with E-state index in [4.69, 9.17) is 10.2 Å². The van der Waals surface area contributed by atoms with Crippen LogP contribution in [0.5, 0.6) is 0 Å². The van der Waals surface area contributed by atoms with Crippen LogP contribution in [0.15, 0.2) is 62.3 Å². The predicted molar refractivity (Wildman–Crippen MR) is 88.0 cm³/mol. The Morgan fingerprint density at radius 3 is 2.76 bits per heavy atom.